The Balaban J connectivity index is 1.51. The molecule has 0 radical (unpaired) electrons. The summed E-state index contributed by atoms with van der Waals surface area (Å²) in [6.45, 7) is 3.77. The van der Waals surface area contributed by atoms with Crippen LogP contribution in [0.1, 0.15) is 59.5 Å². The van der Waals surface area contributed by atoms with Crippen LogP contribution in [-0.2, 0) is 27.4 Å². The summed E-state index contributed by atoms with van der Waals surface area (Å²) in [5, 5.41) is 2.42. The van der Waals surface area contributed by atoms with Gasteiger partial charge in [0.05, 0.1) is 19.2 Å². The van der Waals surface area contributed by atoms with Gasteiger partial charge in [0.1, 0.15) is 23.2 Å². The normalized spacial score (nSPS) is 21.7. The number of halogens is 2. The van der Waals surface area contributed by atoms with Crippen molar-refractivity contribution >= 4 is 23.7 Å². The van der Waals surface area contributed by atoms with Crippen molar-refractivity contribution in [2.24, 2.45) is 0 Å². The molecule has 0 spiro atoms. The molecule has 11 nitrogen and oxygen atoms in total. The first-order valence-electron chi connectivity index (χ1n) is 13.1. The van der Waals surface area contributed by atoms with Crippen LogP contribution in [0.5, 0.6) is 5.75 Å². The van der Waals surface area contributed by atoms with Gasteiger partial charge in [0.25, 0.3) is 11.8 Å². The standard InChI is InChI=1S/C27H28F2N4O7/c1-3-20(34)32-8-4-5-19(32)27(38)40-24-22-26(37)33-14(2)13-39-21(33)12-31(22)11-17(23(24)35)25(36)30-10-15-6-7-16(28)9-18(15)29/h6-7,9,11,14,19,21H,3-5,8,10,12-13H2,1-2H3,(H,30,36)/t14-,19+,21+/m0/s1. The molecule has 3 aliphatic rings. The predicted molar refractivity (Wildman–Crippen MR) is 134 cm³/mol. The van der Waals surface area contributed by atoms with E-state index in [1.807, 2.05) is 0 Å². The van der Waals surface area contributed by atoms with Gasteiger partial charge in [0.2, 0.25) is 17.1 Å². The first-order chi connectivity index (χ1) is 19.1. The Kier molecular flexibility index (Phi) is 7.41. The molecule has 0 unspecified atom stereocenters. The van der Waals surface area contributed by atoms with Gasteiger partial charge in [-0.3, -0.25) is 19.2 Å². The van der Waals surface area contributed by atoms with Crippen molar-refractivity contribution < 1.29 is 37.4 Å². The Morgan fingerprint density at radius 1 is 1.20 bits per heavy atom. The van der Waals surface area contributed by atoms with Gasteiger partial charge in [0.15, 0.2) is 11.9 Å². The number of nitrogens with zero attached hydrogens (tertiary/aromatic N) is 3. The predicted octanol–water partition coefficient (Wildman–Crippen LogP) is 1.56. The van der Waals surface area contributed by atoms with E-state index < -0.39 is 58.4 Å². The smallest absolute Gasteiger partial charge is 0.334 e. The fraction of sp³-hybridized carbons (Fsp3) is 0.444. The van der Waals surface area contributed by atoms with Gasteiger partial charge in [0, 0.05) is 37.3 Å². The fourth-order valence-electron chi connectivity index (χ4n) is 5.33. The van der Waals surface area contributed by atoms with E-state index in [0.29, 0.717) is 25.5 Å². The molecule has 13 heteroatoms. The number of esters is 1. The Labute approximate surface area is 227 Å². The summed E-state index contributed by atoms with van der Waals surface area (Å²) in [5.74, 6) is -4.93. The van der Waals surface area contributed by atoms with Crippen molar-refractivity contribution in [2.75, 3.05) is 13.2 Å². The van der Waals surface area contributed by atoms with Crippen LogP contribution in [0.15, 0.2) is 29.2 Å². The summed E-state index contributed by atoms with van der Waals surface area (Å²) >= 11 is 0. The van der Waals surface area contributed by atoms with Gasteiger partial charge in [-0.1, -0.05) is 13.0 Å². The lowest BCUT2D eigenvalue weighted by atomic mass is 10.1. The molecule has 40 heavy (non-hydrogen) atoms. The molecule has 1 N–H and O–H groups in total. The number of amides is 3. The number of ether oxygens (including phenoxy) is 2. The van der Waals surface area contributed by atoms with Crippen LogP contribution >= 0.6 is 0 Å². The molecule has 2 saturated heterocycles. The SMILES string of the molecule is CCC(=O)N1CCC[C@@H]1C(=O)Oc1c2n(cc(C(=O)NCc3ccc(F)cc3F)c1=O)C[C@H]1OC[C@H](C)N1C2=O. The highest BCUT2D eigenvalue weighted by Gasteiger charge is 2.44. The Morgan fingerprint density at radius 3 is 2.70 bits per heavy atom. The molecule has 0 aliphatic carbocycles. The van der Waals surface area contributed by atoms with Crippen LogP contribution in [0, 0.1) is 11.6 Å². The van der Waals surface area contributed by atoms with Crippen molar-refractivity contribution in [1.82, 2.24) is 19.7 Å². The third-order valence-corrected chi connectivity index (χ3v) is 7.39. The van der Waals surface area contributed by atoms with E-state index in [-0.39, 0.29) is 49.3 Å². The second-order valence-corrected chi connectivity index (χ2v) is 9.99. The summed E-state index contributed by atoms with van der Waals surface area (Å²) in [6, 6.07) is 1.63. The molecular formula is C27H28F2N4O7. The summed E-state index contributed by atoms with van der Waals surface area (Å²) in [5.41, 5.74) is -1.68. The van der Waals surface area contributed by atoms with Crippen LogP contribution in [0.25, 0.3) is 0 Å². The van der Waals surface area contributed by atoms with Gasteiger partial charge in [-0.25, -0.2) is 13.6 Å². The van der Waals surface area contributed by atoms with E-state index in [4.69, 9.17) is 9.47 Å². The number of hydrogen-bond acceptors (Lipinski definition) is 7. The van der Waals surface area contributed by atoms with Crippen molar-refractivity contribution in [2.45, 2.75) is 64.5 Å². The molecule has 3 atom stereocenters. The minimum absolute atomic E-state index is 0.0134. The minimum atomic E-state index is -1.01. The fourth-order valence-corrected chi connectivity index (χ4v) is 5.33. The number of likely N-dealkylation sites (tertiary alicyclic amines) is 1. The van der Waals surface area contributed by atoms with E-state index in [1.54, 1.807) is 13.8 Å². The van der Waals surface area contributed by atoms with Crippen LogP contribution in [0.2, 0.25) is 0 Å². The van der Waals surface area contributed by atoms with Crippen molar-refractivity contribution in [3.8, 4) is 5.75 Å². The van der Waals surface area contributed by atoms with Crippen molar-refractivity contribution in [1.29, 1.82) is 0 Å². The molecule has 212 valence electrons. The summed E-state index contributed by atoms with van der Waals surface area (Å²) in [7, 11) is 0. The van der Waals surface area contributed by atoms with Crippen molar-refractivity contribution in [3.63, 3.8) is 0 Å². The van der Waals surface area contributed by atoms with Gasteiger partial charge in [-0.15, -0.1) is 0 Å². The number of fused-ring (bicyclic) bond motifs is 2. The van der Waals surface area contributed by atoms with Gasteiger partial charge < -0.3 is 29.2 Å². The Hall–Kier alpha value is -4.13. The molecule has 1 aromatic carbocycles. The first kappa shape index (κ1) is 27.4. The zero-order valence-electron chi connectivity index (χ0n) is 21.9. The zero-order valence-corrected chi connectivity index (χ0v) is 21.9. The maximum atomic E-state index is 14.1. The summed E-state index contributed by atoms with van der Waals surface area (Å²) in [4.78, 5) is 68.6. The average molecular weight is 559 g/mol. The average Bonchev–Trinajstić information content (AvgIpc) is 3.56. The third kappa shape index (κ3) is 4.85. The van der Waals surface area contributed by atoms with Gasteiger partial charge in [-0.2, -0.15) is 0 Å². The molecule has 2 aromatic rings. The summed E-state index contributed by atoms with van der Waals surface area (Å²) in [6.07, 6.45) is 1.59. The lowest BCUT2D eigenvalue weighted by Gasteiger charge is -2.34. The molecule has 2 fully saturated rings. The lowest BCUT2D eigenvalue weighted by Crippen LogP contribution is -2.50. The Bertz CT molecular complexity index is 1460. The number of nitrogens with one attached hydrogen (secondary N) is 1. The Morgan fingerprint density at radius 2 is 1.98 bits per heavy atom. The molecule has 0 bridgehead atoms. The van der Waals surface area contributed by atoms with Crippen LogP contribution in [-0.4, -0.2) is 69.5 Å². The zero-order chi connectivity index (χ0) is 28.7. The maximum absolute atomic E-state index is 14.1. The van der Waals surface area contributed by atoms with E-state index in [2.05, 4.69) is 5.32 Å². The van der Waals surface area contributed by atoms with E-state index in [0.717, 1.165) is 12.1 Å². The van der Waals surface area contributed by atoms with Crippen LogP contribution in [0.4, 0.5) is 8.78 Å². The van der Waals surface area contributed by atoms with E-state index in [9.17, 15) is 32.8 Å². The highest BCUT2D eigenvalue weighted by molar-refractivity contribution is 6.00. The van der Waals surface area contributed by atoms with Crippen LogP contribution in [0.3, 0.4) is 0 Å². The van der Waals surface area contributed by atoms with Crippen LogP contribution < -0.4 is 15.5 Å². The molecule has 5 rings (SSSR count). The second kappa shape index (κ2) is 10.8. The number of pyridine rings is 1. The second-order valence-electron chi connectivity index (χ2n) is 9.99. The van der Waals surface area contributed by atoms with Gasteiger partial charge >= 0.3 is 5.97 Å². The highest BCUT2D eigenvalue weighted by Crippen LogP contribution is 2.31. The maximum Gasteiger partial charge on any atom is 0.334 e. The first-order valence-corrected chi connectivity index (χ1v) is 13.1. The third-order valence-electron chi connectivity index (χ3n) is 7.39. The highest BCUT2D eigenvalue weighted by atomic mass is 19.1. The number of carbonyl (C=O) groups excluding carboxylic acids is 4. The van der Waals surface area contributed by atoms with Crippen molar-refractivity contribution in [3.05, 3.63) is 63.1 Å². The quantitative estimate of drug-likeness (QED) is 0.533. The molecule has 0 saturated carbocycles. The lowest BCUT2D eigenvalue weighted by molar-refractivity contribution is -0.146. The number of benzene rings is 1. The number of aromatic nitrogens is 1. The number of hydrogen-bond donors (Lipinski definition) is 1. The molecule has 3 amide bonds. The molecule has 4 heterocycles. The molecule has 3 aliphatic heterocycles. The molecular weight excluding hydrogens is 530 g/mol. The topological polar surface area (TPSA) is 127 Å². The molecule has 1 aromatic heterocycles. The number of rotatable bonds is 6. The minimum Gasteiger partial charge on any atom is -0.418 e. The monoisotopic (exact) mass is 558 g/mol. The van der Waals surface area contributed by atoms with Gasteiger partial charge in [-0.05, 0) is 25.8 Å². The largest absolute Gasteiger partial charge is 0.418 e. The van der Waals surface area contributed by atoms with E-state index >= 15 is 0 Å². The summed E-state index contributed by atoms with van der Waals surface area (Å²) < 4.78 is 39.9. The number of carbonyl (C=O) groups is 4. The van der Waals surface area contributed by atoms with E-state index in [1.165, 1.54) is 20.6 Å².